The third-order valence-corrected chi connectivity index (χ3v) is 7.21. The Hall–Kier alpha value is -4.10. The van der Waals surface area contributed by atoms with Crippen LogP contribution in [0.25, 0.3) is 11.0 Å². The van der Waals surface area contributed by atoms with Crippen LogP contribution in [0.1, 0.15) is 41.7 Å². The van der Waals surface area contributed by atoms with Crippen molar-refractivity contribution in [2.24, 2.45) is 14.1 Å². The first-order valence-electron chi connectivity index (χ1n) is 13.6. The molecule has 0 bridgehead atoms. The molecule has 40 heavy (non-hydrogen) atoms. The lowest BCUT2D eigenvalue weighted by Gasteiger charge is -2.37. The number of carbonyl (C=O) groups is 1. The van der Waals surface area contributed by atoms with Crippen LogP contribution in [0.15, 0.2) is 30.9 Å². The van der Waals surface area contributed by atoms with Gasteiger partial charge in [-0.15, -0.1) is 0 Å². The highest BCUT2D eigenvalue weighted by atomic mass is 16.5. The third kappa shape index (κ3) is 6.37. The number of rotatable bonds is 13. The third-order valence-electron chi connectivity index (χ3n) is 7.21. The summed E-state index contributed by atoms with van der Waals surface area (Å²) in [5, 5.41) is 19.0. The minimum atomic E-state index is -0.152. The number of hydrogen-bond acceptors (Lipinski definition) is 10. The van der Waals surface area contributed by atoms with Crippen molar-refractivity contribution < 1.29 is 9.53 Å². The molecule has 0 spiro atoms. The highest BCUT2D eigenvalue weighted by molar-refractivity contribution is 5.96. The van der Waals surface area contributed by atoms with Gasteiger partial charge in [0.15, 0.2) is 11.5 Å². The van der Waals surface area contributed by atoms with Crippen molar-refractivity contribution in [3.8, 4) is 0 Å². The summed E-state index contributed by atoms with van der Waals surface area (Å²) in [6.45, 7) is 5.02. The van der Waals surface area contributed by atoms with Gasteiger partial charge in [-0.1, -0.05) is 6.42 Å². The maximum absolute atomic E-state index is 13.0. The molecule has 3 N–H and O–H groups in total. The number of carbonyl (C=O) groups excluding carboxylic acids is 1. The van der Waals surface area contributed by atoms with E-state index in [4.69, 9.17) is 4.74 Å². The van der Waals surface area contributed by atoms with Crippen molar-refractivity contribution in [1.82, 2.24) is 44.7 Å². The van der Waals surface area contributed by atoms with Crippen LogP contribution in [0, 0.1) is 6.92 Å². The van der Waals surface area contributed by atoms with Gasteiger partial charge in [-0.25, -0.2) is 9.67 Å². The van der Waals surface area contributed by atoms with Crippen LogP contribution in [-0.2, 0) is 18.8 Å². The molecule has 4 aromatic heterocycles. The average Bonchev–Trinajstić information content (AvgIpc) is 3.45. The molecule has 0 saturated heterocycles. The second-order valence-corrected chi connectivity index (χ2v) is 10.1. The average molecular weight is 548 g/mol. The molecule has 0 unspecified atom stereocenters. The Morgan fingerprint density at radius 3 is 2.73 bits per heavy atom. The highest BCUT2D eigenvalue weighted by Crippen LogP contribution is 2.27. The summed E-state index contributed by atoms with van der Waals surface area (Å²) < 4.78 is 8.60. The summed E-state index contributed by atoms with van der Waals surface area (Å²) in [6.07, 6.45) is 11.6. The van der Waals surface area contributed by atoms with Gasteiger partial charge < -0.3 is 20.7 Å². The lowest BCUT2D eigenvalue weighted by atomic mass is 9.91. The monoisotopic (exact) mass is 547 g/mol. The van der Waals surface area contributed by atoms with E-state index in [-0.39, 0.29) is 5.91 Å². The Kier molecular flexibility index (Phi) is 8.51. The molecule has 1 saturated carbocycles. The van der Waals surface area contributed by atoms with E-state index >= 15 is 0 Å². The van der Waals surface area contributed by atoms with Crippen LogP contribution in [0.4, 0.5) is 23.1 Å². The van der Waals surface area contributed by atoms with E-state index in [0.717, 1.165) is 42.9 Å². The molecule has 1 aliphatic rings. The number of nitrogens with zero attached hydrogens (tertiary/aromatic N) is 8. The number of anilines is 4. The van der Waals surface area contributed by atoms with Crippen LogP contribution in [0.2, 0.25) is 0 Å². The van der Waals surface area contributed by atoms with Crippen molar-refractivity contribution >= 4 is 40.1 Å². The lowest BCUT2D eigenvalue weighted by Crippen LogP contribution is -2.45. The van der Waals surface area contributed by atoms with E-state index in [1.165, 1.54) is 19.3 Å². The predicted octanol–water partition coefficient (Wildman–Crippen LogP) is 2.91. The molecule has 13 nitrogen and oxygen atoms in total. The molecular formula is C27H37N11O2. The minimum Gasteiger partial charge on any atom is -0.385 e. The number of amides is 1. The number of pyridine rings is 1. The van der Waals surface area contributed by atoms with Crippen LogP contribution in [0.5, 0.6) is 0 Å². The number of hydrogen-bond donors (Lipinski definition) is 3. The van der Waals surface area contributed by atoms with Crippen molar-refractivity contribution in [2.75, 3.05) is 44.0 Å². The van der Waals surface area contributed by atoms with Gasteiger partial charge in [0.05, 0.1) is 34.2 Å². The SMILES string of the molecule is COCCCN(CCNC(=O)c1cnc(C)c(Nc2nn(C)c3nc(Nc4cnn(C)c4)ncc23)c1)C1CCC1. The largest absolute Gasteiger partial charge is 0.385 e. The Morgan fingerprint density at radius 2 is 2.00 bits per heavy atom. The van der Waals surface area contributed by atoms with Gasteiger partial charge in [-0.3, -0.25) is 19.4 Å². The summed E-state index contributed by atoms with van der Waals surface area (Å²) in [6, 6.07) is 2.42. The Morgan fingerprint density at radius 1 is 1.15 bits per heavy atom. The number of nitrogens with one attached hydrogen (secondary N) is 3. The van der Waals surface area contributed by atoms with Gasteiger partial charge in [0.1, 0.15) is 0 Å². The fraction of sp³-hybridized carbons (Fsp3) is 0.481. The number of ether oxygens (including phenoxy) is 1. The standard InChI is InChI=1S/C27H37N11O2/c1-18-23(13-19(14-29-18)26(39)28-9-11-38(10-6-12-40-4)21-7-5-8-21)33-24-22-16-30-27(34-25(22)37(3)35-24)32-20-15-31-36(2)17-20/h13-17,21H,5-12H2,1-4H3,(H,28,39)(H,33,35)(H,30,32,34). The van der Waals surface area contributed by atoms with Crippen LogP contribution < -0.4 is 16.0 Å². The molecule has 212 valence electrons. The second kappa shape index (κ2) is 12.4. The first-order valence-corrected chi connectivity index (χ1v) is 13.6. The van der Waals surface area contributed by atoms with E-state index in [1.807, 2.05) is 27.2 Å². The molecule has 4 heterocycles. The summed E-state index contributed by atoms with van der Waals surface area (Å²) in [5.74, 6) is 0.877. The van der Waals surface area contributed by atoms with Gasteiger partial charge in [0.2, 0.25) is 5.95 Å². The van der Waals surface area contributed by atoms with E-state index in [9.17, 15) is 4.79 Å². The number of methoxy groups -OCH3 is 1. The smallest absolute Gasteiger partial charge is 0.252 e. The zero-order valence-electron chi connectivity index (χ0n) is 23.5. The summed E-state index contributed by atoms with van der Waals surface area (Å²) >= 11 is 0. The van der Waals surface area contributed by atoms with Gasteiger partial charge in [-0.05, 0) is 32.3 Å². The minimum absolute atomic E-state index is 0.152. The fourth-order valence-electron chi connectivity index (χ4n) is 4.77. The fourth-order valence-corrected chi connectivity index (χ4v) is 4.77. The molecule has 0 radical (unpaired) electrons. The lowest BCUT2D eigenvalue weighted by molar-refractivity contribution is 0.0907. The summed E-state index contributed by atoms with van der Waals surface area (Å²) in [7, 11) is 5.40. The molecule has 1 amide bonds. The maximum atomic E-state index is 13.0. The highest BCUT2D eigenvalue weighted by Gasteiger charge is 2.24. The van der Waals surface area contributed by atoms with E-state index in [1.54, 1.807) is 41.1 Å². The Bertz CT molecular complexity index is 1460. The zero-order chi connectivity index (χ0) is 28.1. The van der Waals surface area contributed by atoms with Crippen LogP contribution in [0.3, 0.4) is 0 Å². The number of fused-ring (bicyclic) bond motifs is 1. The van der Waals surface area contributed by atoms with Gasteiger partial charge in [0, 0.05) is 72.1 Å². The Balaban J connectivity index is 1.24. The predicted molar refractivity (Wildman–Crippen MR) is 153 cm³/mol. The number of aromatic nitrogens is 7. The van der Waals surface area contributed by atoms with Crippen molar-refractivity contribution in [1.29, 1.82) is 0 Å². The molecule has 13 heteroatoms. The van der Waals surface area contributed by atoms with Crippen molar-refractivity contribution in [2.45, 2.75) is 38.6 Å². The van der Waals surface area contributed by atoms with Crippen LogP contribution >= 0.6 is 0 Å². The molecular weight excluding hydrogens is 510 g/mol. The van der Waals surface area contributed by atoms with E-state index in [0.29, 0.717) is 41.3 Å². The summed E-state index contributed by atoms with van der Waals surface area (Å²) in [4.78, 5) is 29.0. The second-order valence-electron chi connectivity index (χ2n) is 10.1. The number of aryl methyl sites for hydroxylation is 3. The van der Waals surface area contributed by atoms with E-state index in [2.05, 4.69) is 46.0 Å². The van der Waals surface area contributed by atoms with Crippen molar-refractivity contribution in [3.05, 3.63) is 42.1 Å². The zero-order valence-corrected chi connectivity index (χ0v) is 23.5. The molecule has 4 aromatic rings. The van der Waals surface area contributed by atoms with E-state index < -0.39 is 0 Å². The topological polar surface area (TPSA) is 140 Å². The summed E-state index contributed by atoms with van der Waals surface area (Å²) in [5.41, 5.74) is 3.38. The van der Waals surface area contributed by atoms with Gasteiger partial charge in [-0.2, -0.15) is 15.2 Å². The molecule has 1 aliphatic carbocycles. The molecule has 0 atom stereocenters. The van der Waals surface area contributed by atoms with Gasteiger partial charge >= 0.3 is 0 Å². The molecule has 1 fully saturated rings. The van der Waals surface area contributed by atoms with Crippen LogP contribution in [-0.4, -0.2) is 84.7 Å². The van der Waals surface area contributed by atoms with Crippen molar-refractivity contribution in [3.63, 3.8) is 0 Å². The Labute approximate surface area is 233 Å². The molecule has 0 aliphatic heterocycles. The molecule has 5 rings (SSSR count). The first-order chi connectivity index (χ1) is 19.4. The quantitative estimate of drug-likeness (QED) is 0.214. The maximum Gasteiger partial charge on any atom is 0.252 e. The normalized spacial score (nSPS) is 13.5. The first kappa shape index (κ1) is 27.5. The molecule has 0 aromatic carbocycles. The van der Waals surface area contributed by atoms with Gasteiger partial charge in [0.25, 0.3) is 5.91 Å².